The minimum absolute atomic E-state index is 0.0263. The summed E-state index contributed by atoms with van der Waals surface area (Å²) in [5, 5.41) is 0.369. The molecular weight excluding hydrogens is 373 g/mol. The van der Waals surface area contributed by atoms with E-state index in [2.05, 4.69) is 4.74 Å². The summed E-state index contributed by atoms with van der Waals surface area (Å²) >= 11 is 11.7. The van der Waals surface area contributed by atoms with Gasteiger partial charge in [0.1, 0.15) is 6.54 Å². The highest BCUT2D eigenvalue weighted by Crippen LogP contribution is 2.27. The number of rotatable bonds is 6. The van der Waals surface area contributed by atoms with Crippen LogP contribution in [-0.4, -0.2) is 32.3 Å². The van der Waals surface area contributed by atoms with E-state index < -0.39 is 22.5 Å². The van der Waals surface area contributed by atoms with Gasteiger partial charge in [-0.15, -0.1) is 0 Å². The van der Waals surface area contributed by atoms with Gasteiger partial charge in [-0.2, -0.15) is 4.31 Å². The second-order valence-electron chi connectivity index (χ2n) is 4.91. The Morgan fingerprint density at radius 2 is 1.75 bits per heavy atom. The maximum Gasteiger partial charge on any atom is 0.321 e. The first-order valence-electron chi connectivity index (χ1n) is 6.90. The average Bonchev–Trinajstić information content (AvgIpc) is 2.57. The number of ether oxygens (including phenoxy) is 1. The van der Waals surface area contributed by atoms with Gasteiger partial charge in [0.2, 0.25) is 10.0 Å². The summed E-state index contributed by atoms with van der Waals surface area (Å²) in [5.74, 6) is -0.658. The van der Waals surface area contributed by atoms with Gasteiger partial charge in [-0.3, -0.25) is 4.79 Å². The Balaban J connectivity index is 2.40. The molecule has 0 N–H and O–H groups in total. The molecule has 0 atom stereocenters. The predicted molar refractivity (Wildman–Crippen MR) is 92.5 cm³/mol. The fraction of sp³-hybridized carbons (Fsp3) is 0.188. The lowest BCUT2D eigenvalue weighted by atomic mass is 10.2. The molecule has 24 heavy (non-hydrogen) atoms. The minimum atomic E-state index is -3.95. The molecule has 0 aliphatic rings. The molecule has 2 aromatic rings. The summed E-state index contributed by atoms with van der Waals surface area (Å²) in [4.78, 5) is 11.6. The number of halogens is 2. The number of hydrogen-bond acceptors (Lipinski definition) is 4. The highest BCUT2D eigenvalue weighted by molar-refractivity contribution is 7.89. The first-order valence-corrected chi connectivity index (χ1v) is 9.10. The van der Waals surface area contributed by atoms with Crippen molar-refractivity contribution in [2.24, 2.45) is 0 Å². The first kappa shape index (κ1) is 18.7. The van der Waals surface area contributed by atoms with Gasteiger partial charge in [-0.25, -0.2) is 8.42 Å². The van der Waals surface area contributed by atoms with E-state index in [4.69, 9.17) is 23.2 Å². The molecule has 0 radical (unpaired) electrons. The summed E-state index contributed by atoms with van der Waals surface area (Å²) in [5.41, 5.74) is 0.741. The monoisotopic (exact) mass is 387 g/mol. The number of carbonyl (C=O) groups is 1. The van der Waals surface area contributed by atoms with Crippen molar-refractivity contribution in [3.05, 3.63) is 64.1 Å². The molecule has 0 unspecified atom stereocenters. The third-order valence-electron chi connectivity index (χ3n) is 3.26. The van der Waals surface area contributed by atoms with Crippen LogP contribution in [0.1, 0.15) is 5.56 Å². The van der Waals surface area contributed by atoms with Crippen LogP contribution in [0.3, 0.4) is 0 Å². The van der Waals surface area contributed by atoms with Crippen molar-refractivity contribution in [1.29, 1.82) is 0 Å². The molecule has 0 heterocycles. The van der Waals surface area contributed by atoms with Crippen molar-refractivity contribution < 1.29 is 17.9 Å². The molecule has 2 aromatic carbocycles. The molecular formula is C16H15Cl2NO4S. The number of hydrogen-bond donors (Lipinski definition) is 0. The summed E-state index contributed by atoms with van der Waals surface area (Å²) in [6.45, 7) is -0.382. The Hall–Kier alpha value is -1.60. The largest absolute Gasteiger partial charge is 0.468 e. The molecule has 5 nitrogen and oxygen atoms in total. The van der Waals surface area contributed by atoms with Crippen LogP contribution in [0.15, 0.2) is 53.4 Å². The van der Waals surface area contributed by atoms with E-state index in [0.29, 0.717) is 0 Å². The van der Waals surface area contributed by atoms with Crippen molar-refractivity contribution >= 4 is 39.2 Å². The quantitative estimate of drug-likeness (QED) is 0.712. The second kappa shape index (κ2) is 7.98. The standard InChI is InChI=1S/C16H15Cl2NO4S/c1-23-16(20)11-19(10-12-5-3-2-4-6-12)24(21,22)13-7-8-14(17)15(18)9-13/h2-9H,10-11H2,1H3. The summed E-state index contributed by atoms with van der Waals surface area (Å²) < 4.78 is 31.4. The van der Waals surface area contributed by atoms with Gasteiger partial charge in [-0.05, 0) is 23.8 Å². The lowest BCUT2D eigenvalue weighted by Gasteiger charge is -2.21. The van der Waals surface area contributed by atoms with E-state index in [9.17, 15) is 13.2 Å². The zero-order valence-corrected chi connectivity index (χ0v) is 15.1. The Morgan fingerprint density at radius 1 is 1.08 bits per heavy atom. The molecule has 0 aromatic heterocycles. The summed E-state index contributed by atoms with van der Waals surface area (Å²) in [7, 11) is -2.75. The molecule has 128 valence electrons. The number of methoxy groups -OCH3 is 1. The van der Waals surface area contributed by atoms with Gasteiger partial charge in [-0.1, -0.05) is 53.5 Å². The van der Waals surface area contributed by atoms with Gasteiger partial charge in [0.25, 0.3) is 0 Å². The van der Waals surface area contributed by atoms with E-state index in [1.807, 2.05) is 6.07 Å². The van der Waals surface area contributed by atoms with Crippen LogP contribution in [0.2, 0.25) is 10.0 Å². The maximum absolute atomic E-state index is 12.9. The van der Waals surface area contributed by atoms with Crippen molar-refractivity contribution in [2.75, 3.05) is 13.7 Å². The molecule has 0 amide bonds. The average molecular weight is 388 g/mol. The zero-order chi connectivity index (χ0) is 17.7. The molecule has 0 spiro atoms. The lowest BCUT2D eigenvalue weighted by Crippen LogP contribution is -2.35. The summed E-state index contributed by atoms with van der Waals surface area (Å²) in [6.07, 6.45) is 0. The van der Waals surface area contributed by atoms with E-state index >= 15 is 0 Å². The van der Waals surface area contributed by atoms with Crippen molar-refractivity contribution in [2.45, 2.75) is 11.4 Å². The summed E-state index contributed by atoms with van der Waals surface area (Å²) in [6, 6.07) is 12.9. The maximum atomic E-state index is 12.9. The third kappa shape index (κ3) is 4.48. The van der Waals surface area contributed by atoms with Crippen LogP contribution in [0.25, 0.3) is 0 Å². The number of esters is 1. The number of nitrogens with zero attached hydrogens (tertiary/aromatic N) is 1. The smallest absolute Gasteiger partial charge is 0.321 e. The van der Waals surface area contributed by atoms with Gasteiger partial charge >= 0.3 is 5.97 Å². The van der Waals surface area contributed by atoms with E-state index in [1.54, 1.807) is 24.3 Å². The van der Waals surface area contributed by atoms with Crippen LogP contribution in [0, 0.1) is 0 Å². The van der Waals surface area contributed by atoms with Crippen LogP contribution in [-0.2, 0) is 26.1 Å². The predicted octanol–water partition coefficient (Wildman–Crippen LogP) is 3.36. The zero-order valence-electron chi connectivity index (χ0n) is 12.8. The lowest BCUT2D eigenvalue weighted by molar-refractivity contribution is -0.140. The van der Waals surface area contributed by atoms with Crippen molar-refractivity contribution in [1.82, 2.24) is 4.31 Å². The highest BCUT2D eigenvalue weighted by Gasteiger charge is 2.27. The van der Waals surface area contributed by atoms with E-state index in [0.717, 1.165) is 9.87 Å². The minimum Gasteiger partial charge on any atom is -0.468 e. The van der Waals surface area contributed by atoms with Gasteiger partial charge in [0, 0.05) is 6.54 Å². The SMILES string of the molecule is COC(=O)CN(Cc1ccccc1)S(=O)(=O)c1ccc(Cl)c(Cl)c1. The number of benzene rings is 2. The number of sulfonamides is 1. The molecule has 0 aliphatic heterocycles. The molecule has 0 bridgehead atoms. The molecule has 0 saturated carbocycles. The third-order valence-corrected chi connectivity index (χ3v) is 5.79. The normalized spacial score (nSPS) is 11.5. The topological polar surface area (TPSA) is 63.7 Å². The van der Waals surface area contributed by atoms with Crippen molar-refractivity contribution in [3.8, 4) is 0 Å². The van der Waals surface area contributed by atoms with E-state index in [-0.39, 0.29) is 21.5 Å². The fourth-order valence-electron chi connectivity index (χ4n) is 2.01. The van der Waals surface area contributed by atoms with Crippen LogP contribution in [0.5, 0.6) is 0 Å². The van der Waals surface area contributed by atoms with Crippen LogP contribution < -0.4 is 0 Å². The second-order valence-corrected chi connectivity index (χ2v) is 7.66. The Morgan fingerprint density at radius 3 is 2.33 bits per heavy atom. The number of carbonyl (C=O) groups excluding carboxylic acids is 1. The molecule has 0 aliphatic carbocycles. The molecule has 0 saturated heterocycles. The first-order chi connectivity index (χ1) is 11.3. The van der Waals surface area contributed by atoms with Gasteiger partial charge in [0.05, 0.1) is 22.1 Å². The van der Waals surface area contributed by atoms with Crippen LogP contribution in [0.4, 0.5) is 0 Å². The Kier molecular flexibility index (Phi) is 6.23. The van der Waals surface area contributed by atoms with Crippen LogP contribution >= 0.6 is 23.2 Å². The fourth-order valence-corrected chi connectivity index (χ4v) is 3.77. The Bertz CT molecular complexity index is 825. The van der Waals surface area contributed by atoms with E-state index in [1.165, 1.54) is 25.3 Å². The molecule has 0 fully saturated rings. The van der Waals surface area contributed by atoms with Gasteiger partial charge in [0.15, 0.2) is 0 Å². The van der Waals surface area contributed by atoms with Gasteiger partial charge < -0.3 is 4.74 Å². The van der Waals surface area contributed by atoms with Crippen molar-refractivity contribution in [3.63, 3.8) is 0 Å². The molecule has 8 heteroatoms. The Labute approximate surface area is 150 Å². The highest BCUT2D eigenvalue weighted by atomic mass is 35.5. The molecule has 2 rings (SSSR count).